The first kappa shape index (κ1) is 15.3. The van der Waals surface area contributed by atoms with Gasteiger partial charge in [-0.2, -0.15) is 4.31 Å². The van der Waals surface area contributed by atoms with E-state index in [2.05, 4.69) is 10.3 Å². The molecule has 1 aliphatic heterocycles. The Morgan fingerprint density at radius 2 is 1.95 bits per heavy atom. The van der Waals surface area contributed by atoms with E-state index in [0.29, 0.717) is 5.82 Å². The summed E-state index contributed by atoms with van der Waals surface area (Å²) in [6.45, 7) is 6.70. The average Bonchev–Trinajstić information content (AvgIpc) is 2.39. The van der Waals surface area contributed by atoms with Crippen molar-refractivity contribution in [3.05, 3.63) is 18.3 Å². The van der Waals surface area contributed by atoms with E-state index in [1.54, 1.807) is 16.4 Å². The molecule has 1 aliphatic rings. The molecule has 2 rings (SSSR count). The van der Waals surface area contributed by atoms with Crippen molar-refractivity contribution in [3.63, 3.8) is 0 Å². The van der Waals surface area contributed by atoms with E-state index in [4.69, 9.17) is 0 Å². The lowest BCUT2D eigenvalue weighted by Crippen LogP contribution is -2.47. The van der Waals surface area contributed by atoms with Crippen molar-refractivity contribution in [3.8, 4) is 0 Å². The van der Waals surface area contributed by atoms with Gasteiger partial charge in [-0.25, -0.2) is 13.4 Å². The van der Waals surface area contributed by atoms with Crippen molar-refractivity contribution in [2.24, 2.45) is 0 Å². The molecule has 0 unspecified atom stereocenters. The Hall–Kier alpha value is -1.14. The molecule has 0 spiro atoms. The Morgan fingerprint density at radius 3 is 2.45 bits per heavy atom. The second-order valence-electron chi connectivity index (χ2n) is 5.37. The Bertz CT molecular complexity index is 532. The van der Waals surface area contributed by atoms with Gasteiger partial charge < -0.3 is 5.32 Å². The van der Waals surface area contributed by atoms with E-state index in [1.165, 1.54) is 6.20 Å². The number of hydrogen-bond donors (Lipinski definition) is 1. The molecule has 1 fully saturated rings. The summed E-state index contributed by atoms with van der Waals surface area (Å²) in [4.78, 5) is 4.44. The van der Waals surface area contributed by atoms with Gasteiger partial charge in [-0.1, -0.05) is 6.42 Å². The molecule has 6 heteroatoms. The van der Waals surface area contributed by atoms with E-state index in [0.717, 1.165) is 25.8 Å². The third-order valence-electron chi connectivity index (χ3n) is 3.78. The minimum absolute atomic E-state index is 0.0530. The van der Waals surface area contributed by atoms with Crippen LogP contribution in [0.2, 0.25) is 0 Å². The number of piperidine rings is 1. The van der Waals surface area contributed by atoms with Gasteiger partial charge in [0.05, 0.1) is 0 Å². The van der Waals surface area contributed by atoms with Gasteiger partial charge in [-0.15, -0.1) is 0 Å². The molecule has 0 radical (unpaired) electrons. The van der Waals surface area contributed by atoms with Crippen molar-refractivity contribution < 1.29 is 8.42 Å². The summed E-state index contributed by atoms with van der Waals surface area (Å²) in [5.41, 5.74) is 0. The number of sulfonamides is 1. The first-order chi connectivity index (χ1) is 9.46. The standard InChI is InChI=1S/C14H23N3O2S/c1-4-15-14-9-8-13(10-16-14)20(18,19)17-11(2)6-5-7-12(17)3/h8-12H,4-7H2,1-3H3,(H,15,16)/t11-,12+. The van der Waals surface area contributed by atoms with Crippen LogP contribution >= 0.6 is 0 Å². The maximum atomic E-state index is 12.7. The Labute approximate surface area is 121 Å². The molecule has 1 N–H and O–H groups in total. The summed E-state index contributed by atoms with van der Waals surface area (Å²) in [6, 6.07) is 3.46. The summed E-state index contributed by atoms with van der Waals surface area (Å²) in [5, 5.41) is 3.06. The minimum atomic E-state index is -3.45. The van der Waals surface area contributed by atoms with Gasteiger partial charge in [0.1, 0.15) is 10.7 Å². The Morgan fingerprint density at radius 1 is 1.30 bits per heavy atom. The van der Waals surface area contributed by atoms with E-state index < -0.39 is 10.0 Å². The van der Waals surface area contributed by atoms with Crippen LogP contribution in [0.3, 0.4) is 0 Å². The number of nitrogens with zero attached hydrogens (tertiary/aromatic N) is 2. The Balaban J connectivity index is 2.29. The lowest BCUT2D eigenvalue weighted by Gasteiger charge is -2.37. The molecule has 2 atom stereocenters. The van der Waals surface area contributed by atoms with Crippen molar-refractivity contribution in [2.75, 3.05) is 11.9 Å². The smallest absolute Gasteiger partial charge is 0.245 e. The highest BCUT2D eigenvalue weighted by Crippen LogP contribution is 2.29. The zero-order valence-electron chi connectivity index (χ0n) is 12.3. The van der Waals surface area contributed by atoms with Crippen LogP contribution in [0.25, 0.3) is 0 Å². The highest BCUT2D eigenvalue weighted by molar-refractivity contribution is 7.89. The molecular weight excluding hydrogens is 274 g/mol. The third kappa shape index (κ3) is 2.96. The molecule has 5 nitrogen and oxygen atoms in total. The Kier molecular flexibility index (Phi) is 4.65. The molecular formula is C14H23N3O2S. The molecule has 0 aliphatic carbocycles. The van der Waals surface area contributed by atoms with Crippen molar-refractivity contribution >= 4 is 15.8 Å². The lowest BCUT2D eigenvalue weighted by molar-refractivity contribution is 0.204. The summed E-state index contributed by atoms with van der Waals surface area (Å²) in [5.74, 6) is 0.700. The normalized spacial score (nSPS) is 24.6. The SMILES string of the molecule is CCNc1ccc(S(=O)(=O)N2[C@H](C)CCC[C@@H]2C)cn1. The fourth-order valence-electron chi connectivity index (χ4n) is 2.81. The summed E-state index contributed by atoms with van der Waals surface area (Å²) >= 11 is 0. The summed E-state index contributed by atoms with van der Waals surface area (Å²) in [7, 11) is -3.45. The van der Waals surface area contributed by atoms with Crippen molar-refractivity contribution in [1.82, 2.24) is 9.29 Å². The zero-order valence-corrected chi connectivity index (χ0v) is 13.2. The predicted molar refractivity (Wildman–Crippen MR) is 80.2 cm³/mol. The van der Waals surface area contributed by atoms with Crippen LogP contribution in [0.15, 0.2) is 23.2 Å². The number of pyridine rings is 1. The largest absolute Gasteiger partial charge is 0.370 e. The van der Waals surface area contributed by atoms with Gasteiger partial charge in [0.25, 0.3) is 0 Å². The lowest BCUT2D eigenvalue weighted by atomic mass is 10.0. The molecule has 0 saturated carbocycles. The van der Waals surface area contributed by atoms with Crippen molar-refractivity contribution in [2.45, 2.75) is 57.0 Å². The molecule has 1 aromatic rings. The van der Waals surface area contributed by atoms with Gasteiger partial charge >= 0.3 is 0 Å². The first-order valence-electron chi connectivity index (χ1n) is 7.20. The van der Waals surface area contributed by atoms with E-state index >= 15 is 0 Å². The molecule has 0 amide bonds. The van der Waals surface area contributed by atoms with Crippen LogP contribution in [-0.2, 0) is 10.0 Å². The van der Waals surface area contributed by atoms with Gasteiger partial charge in [-0.3, -0.25) is 0 Å². The monoisotopic (exact) mass is 297 g/mol. The summed E-state index contributed by atoms with van der Waals surface area (Å²) < 4.78 is 27.1. The second-order valence-corrected chi connectivity index (χ2v) is 7.22. The maximum absolute atomic E-state index is 12.7. The van der Waals surface area contributed by atoms with Crippen LogP contribution in [0.5, 0.6) is 0 Å². The highest BCUT2D eigenvalue weighted by atomic mass is 32.2. The molecule has 0 aromatic carbocycles. The van der Waals surface area contributed by atoms with Gasteiger partial charge in [0.15, 0.2) is 0 Å². The molecule has 2 heterocycles. The number of hydrogen-bond acceptors (Lipinski definition) is 4. The van der Waals surface area contributed by atoms with Crippen LogP contribution < -0.4 is 5.32 Å². The molecule has 20 heavy (non-hydrogen) atoms. The van der Waals surface area contributed by atoms with Crippen LogP contribution in [-0.4, -0.2) is 36.3 Å². The fraction of sp³-hybridized carbons (Fsp3) is 0.643. The number of anilines is 1. The molecule has 1 aromatic heterocycles. The van der Waals surface area contributed by atoms with E-state index in [1.807, 2.05) is 20.8 Å². The third-order valence-corrected chi connectivity index (χ3v) is 5.89. The fourth-order valence-corrected chi connectivity index (χ4v) is 4.64. The minimum Gasteiger partial charge on any atom is -0.370 e. The van der Waals surface area contributed by atoms with Gasteiger partial charge in [-0.05, 0) is 45.7 Å². The highest BCUT2D eigenvalue weighted by Gasteiger charge is 2.35. The summed E-state index contributed by atoms with van der Waals surface area (Å²) in [6.07, 6.45) is 4.38. The molecule has 0 bridgehead atoms. The van der Waals surface area contributed by atoms with E-state index in [9.17, 15) is 8.42 Å². The topological polar surface area (TPSA) is 62.3 Å². The van der Waals surface area contributed by atoms with Crippen molar-refractivity contribution in [1.29, 1.82) is 0 Å². The van der Waals surface area contributed by atoms with Crippen LogP contribution in [0, 0.1) is 0 Å². The molecule has 1 saturated heterocycles. The van der Waals surface area contributed by atoms with Crippen LogP contribution in [0.1, 0.15) is 40.0 Å². The van der Waals surface area contributed by atoms with Gasteiger partial charge in [0, 0.05) is 24.8 Å². The first-order valence-corrected chi connectivity index (χ1v) is 8.64. The van der Waals surface area contributed by atoms with Gasteiger partial charge in [0.2, 0.25) is 10.0 Å². The van der Waals surface area contributed by atoms with Crippen LogP contribution in [0.4, 0.5) is 5.82 Å². The second kappa shape index (κ2) is 6.10. The zero-order chi connectivity index (χ0) is 14.8. The predicted octanol–water partition coefficient (Wildman–Crippen LogP) is 2.47. The quantitative estimate of drug-likeness (QED) is 0.927. The maximum Gasteiger partial charge on any atom is 0.245 e. The number of nitrogens with one attached hydrogen (secondary N) is 1. The van der Waals surface area contributed by atoms with E-state index in [-0.39, 0.29) is 17.0 Å². The number of rotatable bonds is 4. The molecule has 112 valence electrons. The number of aromatic nitrogens is 1. The average molecular weight is 297 g/mol.